The molecule has 6 heteroatoms. The minimum absolute atomic E-state index is 0.153. The highest BCUT2D eigenvalue weighted by atomic mass is 32.1. The van der Waals surface area contributed by atoms with E-state index in [2.05, 4.69) is 26.8 Å². The molecule has 16 heavy (non-hydrogen) atoms. The molecule has 0 aliphatic heterocycles. The number of hydrogen-bond donors (Lipinski definition) is 2. The predicted octanol–water partition coefficient (Wildman–Crippen LogP) is 0.823. The molecule has 0 spiro atoms. The number of amides is 1. The highest BCUT2D eigenvalue weighted by Crippen LogP contribution is 2.21. The van der Waals surface area contributed by atoms with Gasteiger partial charge in [-0.25, -0.2) is 0 Å². The van der Waals surface area contributed by atoms with Gasteiger partial charge in [-0.1, -0.05) is 31.1 Å². The summed E-state index contributed by atoms with van der Waals surface area (Å²) in [6, 6.07) is 0. The maximum Gasteiger partial charge on any atom is 0.240 e. The van der Waals surface area contributed by atoms with Gasteiger partial charge in [-0.05, 0) is 0 Å². The van der Waals surface area contributed by atoms with E-state index < -0.39 is 0 Å². The van der Waals surface area contributed by atoms with Crippen LogP contribution in [0, 0.1) is 12.3 Å². The Hall–Kier alpha value is -1.61. The number of nitrogens with zero attached hydrogens (tertiary/aromatic N) is 2. The Bertz CT molecular complexity index is 394. The van der Waals surface area contributed by atoms with Crippen molar-refractivity contribution in [1.82, 2.24) is 15.5 Å². The minimum atomic E-state index is -0.153. The van der Waals surface area contributed by atoms with Gasteiger partial charge in [0.25, 0.3) is 0 Å². The molecule has 1 aromatic heterocycles. The molecule has 1 amide bonds. The number of aromatic nitrogens is 2. The molecule has 0 radical (unpaired) electrons. The third-order valence-electron chi connectivity index (χ3n) is 1.72. The highest BCUT2D eigenvalue weighted by molar-refractivity contribution is 7.15. The highest BCUT2D eigenvalue weighted by Gasteiger charge is 2.08. The van der Waals surface area contributed by atoms with Crippen LogP contribution in [0.25, 0.3) is 0 Å². The maximum atomic E-state index is 11.2. The Morgan fingerprint density at radius 3 is 2.88 bits per heavy atom. The minimum Gasteiger partial charge on any atom is -0.351 e. The molecule has 1 rings (SSSR count). The molecular weight excluding hydrogens is 224 g/mol. The summed E-state index contributed by atoms with van der Waals surface area (Å²) in [5.41, 5.74) is 0. The summed E-state index contributed by atoms with van der Waals surface area (Å²) in [7, 11) is 0. The first kappa shape index (κ1) is 12.5. The standard InChI is InChI=1S/C10H14N4OS/c1-4-5-11-8(15)6-12-10-14-13-9(16-10)7(2)3/h1,7H,5-6H2,2-3H3,(H,11,15)(H,12,14). The maximum absolute atomic E-state index is 11.2. The van der Waals surface area contributed by atoms with E-state index in [-0.39, 0.29) is 19.0 Å². The van der Waals surface area contributed by atoms with E-state index in [1.807, 2.05) is 13.8 Å². The summed E-state index contributed by atoms with van der Waals surface area (Å²) in [5, 5.41) is 15.0. The first-order chi connectivity index (χ1) is 7.63. The van der Waals surface area contributed by atoms with Gasteiger partial charge >= 0.3 is 0 Å². The molecule has 0 saturated carbocycles. The number of terminal acetylenes is 1. The molecule has 0 aromatic carbocycles. The SMILES string of the molecule is C#CCNC(=O)CNc1nnc(C(C)C)s1. The van der Waals surface area contributed by atoms with E-state index >= 15 is 0 Å². The fourth-order valence-corrected chi connectivity index (χ4v) is 1.65. The third kappa shape index (κ3) is 3.87. The van der Waals surface area contributed by atoms with Gasteiger partial charge in [0.2, 0.25) is 11.0 Å². The lowest BCUT2D eigenvalue weighted by Crippen LogP contribution is -2.29. The van der Waals surface area contributed by atoms with E-state index in [4.69, 9.17) is 6.42 Å². The Balaban J connectivity index is 2.37. The average molecular weight is 238 g/mol. The summed E-state index contributed by atoms with van der Waals surface area (Å²) in [4.78, 5) is 11.2. The second-order valence-electron chi connectivity index (χ2n) is 3.43. The van der Waals surface area contributed by atoms with Gasteiger partial charge in [0.15, 0.2) is 0 Å². The van der Waals surface area contributed by atoms with Crippen LogP contribution in [0.1, 0.15) is 24.8 Å². The zero-order valence-electron chi connectivity index (χ0n) is 9.28. The van der Waals surface area contributed by atoms with Crippen LogP contribution in [0.4, 0.5) is 5.13 Å². The first-order valence-electron chi connectivity index (χ1n) is 4.91. The van der Waals surface area contributed by atoms with Crippen molar-refractivity contribution in [3.63, 3.8) is 0 Å². The van der Waals surface area contributed by atoms with Gasteiger partial charge in [-0.3, -0.25) is 4.79 Å². The summed E-state index contributed by atoms with van der Waals surface area (Å²) in [6.45, 7) is 4.50. The van der Waals surface area contributed by atoms with Crippen LogP contribution in [-0.2, 0) is 4.79 Å². The van der Waals surface area contributed by atoms with E-state index in [0.29, 0.717) is 11.0 Å². The summed E-state index contributed by atoms with van der Waals surface area (Å²) in [5.74, 6) is 2.53. The Morgan fingerprint density at radius 1 is 1.56 bits per heavy atom. The van der Waals surface area contributed by atoms with Crippen LogP contribution >= 0.6 is 11.3 Å². The monoisotopic (exact) mass is 238 g/mol. The Kier molecular flexibility index (Phi) is 4.73. The zero-order chi connectivity index (χ0) is 12.0. The molecule has 0 saturated heterocycles. The number of anilines is 1. The quantitative estimate of drug-likeness (QED) is 0.745. The number of nitrogens with one attached hydrogen (secondary N) is 2. The van der Waals surface area contributed by atoms with Crippen LogP contribution in [0.3, 0.4) is 0 Å². The molecule has 1 aromatic rings. The average Bonchev–Trinajstić information content (AvgIpc) is 2.72. The van der Waals surface area contributed by atoms with Crippen LogP contribution in [0.2, 0.25) is 0 Å². The summed E-state index contributed by atoms with van der Waals surface area (Å²) >= 11 is 1.45. The Labute approximate surface area is 98.7 Å². The zero-order valence-corrected chi connectivity index (χ0v) is 10.1. The molecule has 0 fully saturated rings. The van der Waals surface area contributed by atoms with Crippen molar-refractivity contribution in [2.45, 2.75) is 19.8 Å². The predicted molar refractivity (Wildman–Crippen MR) is 64.3 cm³/mol. The lowest BCUT2D eigenvalue weighted by atomic mass is 10.2. The van der Waals surface area contributed by atoms with Gasteiger partial charge in [0, 0.05) is 5.92 Å². The van der Waals surface area contributed by atoms with Crippen molar-refractivity contribution < 1.29 is 4.79 Å². The molecule has 0 aliphatic rings. The lowest BCUT2D eigenvalue weighted by molar-refractivity contribution is -0.119. The second kappa shape index (κ2) is 6.08. The number of carbonyl (C=O) groups is 1. The second-order valence-corrected chi connectivity index (χ2v) is 4.44. The van der Waals surface area contributed by atoms with Crippen molar-refractivity contribution in [3.8, 4) is 12.3 Å². The van der Waals surface area contributed by atoms with Crippen LogP contribution in [0.5, 0.6) is 0 Å². The molecule has 0 unspecified atom stereocenters. The molecular formula is C10H14N4OS. The molecule has 0 atom stereocenters. The fraction of sp³-hybridized carbons (Fsp3) is 0.500. The van der Waals surface area contributed by atoms with Crippen molar-refractivity contribution in [1.29, 1.82) is 0 Å². The molecule has 5 nitrogen and oxygen atoms in total. The van der Waals surface area contributed by atoms with Crippen LogP contribution < -0.4 is 10.6 Å². The third-order valence-corrected chi connectivity index (χ3v) is 2.90. The summed E-state index contributed by atoms with van der Waals surface area (Å²) < 4.78 is 0. The van der Waals surface area contributed by atoms with Gasteiger partial charge in [-0.2, -0.15) is 0 Å². The van der Waals surface area contributed by atoms with Crippen LogP contribution in [0.15, 0.2) is 0 Å². The van der Waals surface area contributed by atoms with Crippen molar-refractivity contribution in [2.75, 3.05) is 18.4 Å². The van der Waals surface area contributed by atoms with E-state index in [0.717, 1.165) is 5.01 Å². The van der Waals surface area contributed by atoms with Crippen molar-refractivity contribution in [2.24, 2.45) is 0 Å². The number of hydrogen-bond acceptors (Lipinski definition) is 5. The van der Waals surface area contributed by atoms with E-state index in [1.54, 1.807) is 0 Å². The fourth-order valence-electron chi connectivity index (χ4n) is 0.907. The molecule has 2 N–H and O–H groups in total. The lowest BCUT2D eigenvalue weighted by Gasteiger charge is -2.01. The van der Waals surface area contributed by atoms with Crippen LogP contribution in [-0.4, -0.2) is 29.2 Å². The van der Waals surface area contributed by atoms with Gasteiger partial charge in [0.1, 0.15) is 5.01 Å². The van der Waals surface area contributed by atoms with E-state index in [1.165, 1.54) is 11.3 Å². The molecule has 1 heterocycles. The van der Waals surface area contributed by atoms with Crippen molar-refractivity contribution in [3.05, 3.63) is 5.01 Å². The van der Waals surface area contributed by atoms with Gasteiger partial charge in [-0.15, -0.1) is 16.6 Å². The molecule has 0 aliphatic carbocycles. The molecule has 0 bridgehead atoms. The van der Waals surface area contributed by atoms with Gasteiger partial charge in [0.05, 0.1) is 13.1 Å². The number of rotatable bonds is 5. The Morgan fingerprint density at radius 2 is 2.31 bits per heavy atom. The van der Waals surface area contributed by atoms with Crippen molar-refractivity contribution >= 4 is 22.4 Å². The largest absolute Gasteiger partial charge is 0.351 e. The van der Waals surface area contributed by atoms with E-state index in [9.17, 15) is 4.79 Å². The molecule has 86 valence electrons. The summed E-state index contributed by atoms with van der Waals surface area (Å²) in [6.07, 6.45) is 5.02. The topological polar surface area (TPSA) is 66.9 Å². The number of carbonyl (C=O) groups excluding carboxylic acids is 1. The smallest absolute Gasteiger partial charge is 0.240 e. The van der Waals surface area contributed by atoms with Gasteiger partial charge < -0.3 is 10.6 Å². The normalized spacial score (nSPS) is 9.88. The first-order valence-corrected chi connectivity index (χ1v) is 5.72.